The Kier molecular flexibility index (Phi) is 3.63. The van der Waals surface area contributed by atoms with Crippen LogP contribution in [0, 0.1) is 0 Å². The van der Waals surface area contributed by atoms with Crippen LogP contribution in [0.4, 0.5) is 10.8 Å². The molecular formula is C9H10N4O3S2. The number of aromatic amines is 1. The number of anilines is 2. The van der Waals surface area contributed by atoms with Gasteiger partial charge in [0.25, 0.3) is 0 Å². The Morgan fingerprint density at radius 1 is 1.67 bits per heavy atom. The van der Waals surface area contributed by atoms with E-state index in [1.165, 1.54) is 7.11 Å². The number of nitrogens with zero attached hydrogens (tertiary/aromatic N) is 1. The third kappa shape index (κ3) is 2.51. The fourth-order valence-corrected chi connectivity index (χ4v) is 2.58. The molecule has 0 spiro atoms. The Morgan fingerprint density at radius 3 is 3.06 bits per heavy atom. The summed E-state index contributed by atoms with van der Waals surface area (Å²) in [5.74, 6) is -0.407. The van der Waals surface area contributed by atoms with Crippen LogP contribution in [0.5, 0.6) is 0 Å². The molecule has 0 unspecified atom stereocenters. The van der Waals surface area contributed by atoms with E-state index >= 15 is 0 Å². The molecule has 0 saturated heterocycles. The van der Waals surface area contributed by atoms with Crippen LogP contribution in [0.25, 0.3) is 0 Å². The number of hydrogen-bond acceptors (Lipinski definition) is 8. The Labute approximate surface area is 110 Å². The van der Waals surface area contributed by atoms with Gasteiger partial charge in [0.05, 0.1) is 13.7 Å². The highest BCUT2D eigenvalue weighted by atomic mass is 32.1. The zero-order valence-electron chi connectivity index (χ0n) is 9.35. The first-order valence-corrected chi connectivity index (χ1v) is 6.51. The summed E-state index contributed by atoms with van der Waals surface area (Å²) < 4.78 is 8.51. The maximum absolute atomic E-state index is 11.5. The quantitative estimate of drug-likeness (QED) is 0.719. The molecule has 2 heterocycles. The van der Waals surface area contributed by atoms with Crippen molar-refractivity contribution in [2.75, 3.05) is 18.2 Å². The van der Waals surface area contributed by atoms with Crippen molar-refractivity contribution in [3.05, 3.63) is 26.3 Å². The summed E-state index contributed by atoms with van der Waals surface area (Å²) in [5, 5.41) is 5.22. The molecule has 96 valence electrons. The van der Waals surface area contributed by atoms with E-state index in [2.05, 4.69) is 19.4 Å². The second-order valence-electron chi connectivity index (χ2n) is 3.29. The molecule has 0 radical (unpaired) electrons. The normalized spacial score (nSPS) is 10.3. The SMILES string of the molecule is COC(=O)c1c(N)nsc1NCc1csc(=O)[nH]1. The van der Waals surface area contributed by atoms with Crippen molar-refractivity contribution < 1.29 is 9.53 Å². The Balaban J connectivity index is 2.14. The maximum Gasteiger partial charge on any atom is 0.344 e. The molecule has 0 aromatic carbocycles. The van der Waals surface area contributed by atoms with E-state index in [0.717, 1.165) is 28.6 Å². The number of nitrogens with one attached hydrogen (secondary N) is 2. The van der Waals surface area contributed by atoms with E-state index < -0.39 is 5.97 Å². The van der Waals surface area contributed by atoms with Gasteiger partial charge in [0, 0.05) is 11.1 Å². The maximum atomic E-state index is 11.5. The summed E-state index contributed by atoms with van der Waals surface area (Å²) in [6.07, 6.45) is 0. The average Bonchev–Trinajstić information content (AvgIpc) is 2.92. The predicted octanol–water partition coefficient (Wildman–Crippen LogP) is 0.874. The lowest BCUT2D eigenvalue weighted by atomic mass is 10.3. The standard InChI is InChI=1S/C9H10N4O3S2/c1-16-8(14)5-6(10)13-18-7(5)11-2-4-3-17-9(15)12-4/h3,11H,2H2,1H3,(H2,10,13)(H,12,15). The Morgan fingerprint density at radius 2 is 2.44 bits per heavy atom. The van der Waals surface area contributed by atoms with Crippen LogP contribution in [0.2, 0.25) is 0 Å². The molecule has 0 amide bonds. The number of methoxy groups -OCH3 is 1. The zero-order chi connectivity index (χ0) is 13.1. The molecule has 7 nitrogen and oxygen atoms in total. The van der Waals surface area contributed by atoms with E-state index in [1.807, 2.05) is 0 Å². The monoisotopic (exact) mass is 286 g/mol. The molecule has 2 aromatic heterocycles. The predicted molar refractivity (Wildman–Crippen MR) is 70.1 cm³/mol. The van der Waals surface area contributed by atoms with Crippen molar-refractivity contribution in [2.45, 2.75) is 6.54 Å². The molecule has 2 rings (SSSR count). The van der Waals surface area contributed by atoms with E-state index in [4.69, 9.17) is 5.73 Å². The number of nitrogens with two attached hydrogens (primary N) is 1. The second-order valence-corrected chi connectivity index (χ2v) is 4.91. The van der Waals surface area contributed by atoms with Gasteiger partial charge >= 0.3 is 10.8 Å². The number of nitrogen functional groups attached to an aromatic ring is 1. The van der Waals surface area contributed by atoms with Crippen LogP contribution in [0.1, 0.15) is 16.1 Å². The third-order valence-corrected chi connectivity index (χ3v) is 3.66. The summed E-state index contributed by atoms with van der Waals surface area (Å²) >= 11 is 2.15. The molecule has 2 aromatic rings. The van der Waals surface area contributed by atoms with Crippen molar-refractivity contribution in [2.24, 2.45) is 0 Å². The number of H-pyrrole nitrogens is 1. The Hall–Kier alpha value is -1.87. The van der Waals surface area contributed by atoms with Gasteiger partial charge in [0.2, 0.25) is 0 Å². The highest BCUT2D eigenvalue weighted by molar-refractivity contribution is 7.11. The zero-order valence-corrected chi connectivity index (χ0v) is 11.0. The molecule has 9 heteroatoms. The highest BCUT2D eigenvalue weighted by Crippen LogP contribution is 2.27. The van der Waals surface area contributed by atoms with Crippen molar-refractivity contribution in [3.8, 4) is 0 Å². The van der Waals surface area contributed by atoms with Gasteiger partial charge in [-0.3, -0.25) is 4.79 Å². The van der Waals surface area contributed by atoms with Crippen molar-refractivity contribution in [1.29, 1.82) is 0 Å². The van der Waals surface area contributed by atoms with E-state index in [0.29, 0.717) is 11.5 Å². The molecule has 4 N–H and O–H groups in total. The van der Waals surface area contributed by atoms with E-state index in [-0.39, 0.29) is 16.3 Å². The summed E-state index contributed by atoms with van der Waals surface area (Å²) in [7, 11) is 1.28. The molecule has 0 aliphatic heterocycles. The number of hydrogen-bond donors (Lipinski definition) is 3. The first kappa shape index (κ1) is 12.6. The summed E-state index contributed by atoms with van der Waals surface area (Å²) in [5.41, 5.74) is 6.55. The summed E-state index contributed by atoms with van der Waals surface area (Å²) in [4.78, 5) is 25.0. The molecule has 0 fully saturated rings. The lowest BCUT2D eigenvalue weighted by molar-refractivity contribution is 0.0603. The smallest absolute Gasteiger partial charge is 0.344 e. The number of aromatic nitrogens is 2. The van der Waals surface area contributed by atoms with E-state index in [1.54, 1.807) is 5.38 Å². The number of thiazole rings is 1. The average molecular weight is 286 g/mol. The summed E-state index contributed by atoms with van der Waals surface area (Å²) in [6, 6.07) is 0. The topological polar surface area (TPSA) is 110 Å². The van der Waals surface area contributed by atoms with Crippen LogP contribution < -0.4 is 15.9 Å². The summed E-state index contributed by atoms with van der Waals surface area (Å²) in [6.45, 7) is 0.379. The Bertz CT molecular complexity index is 615. The van der Waals surface area contributed by atoms with Gasteiger partial charge in [0.1, 0.15) is 10.6 Å². The largest absolute Gasteiger partial charge is 0.465 e. The number of carbonyl (C=O) groups is 1. The van der Waals surface area contributed by atoms with Crippen LogP contribution in [-0.4, -0.2) is 22.4 Å². The number of rotatable bonds is 4. The first-order chi connectivity index (χ1) is 8.61. The molecule has 0 atom stereocenters. The molecule has 18 heavy (non-hydrogen) atoms. The molecule has 0 aliphatic rings. The van der Waals surface area contributed by atoms with Crippen molar-refractivity contribution in [3.63, 3.8) is 0 Å². The lowest BCUT2D eigenvalue weighted by Crippen LogP contribution is -2.08. The van der Waals surface area contributed by atoms with E-state index in [9.17, 15) is 9.59 Å². The van der Waals surface area contributed by atoms with Crippen LogP contribution >= 0.6 is 22.9 Å². The number of esters is 1. The fraction of sp³-hybridized carbons (Fsp3) is 0.222. The third-order valence-electron chi connectivity index (χ3n) is 2.12. The van der Waals surface area contributed by atoms with Crippen molar-refractivity contribution >= 4 is 39.7 Å². The van der Waals surface area contributed by atoms with Gasteiger partial charge in [-0.05, 0) is 11.5 Å². The number of carbonyl (C=O) groups excluding carboxylic acids is 1. The molecule has 0 bridgehead atoms. The van der Waals surface area contributed by atoms with Crippen LogP contribution in [0.3, 0.4) is 0 Å². The second kappa shape index (κ2) is 5.19. The minimum Gasteiger partial charge on any atom is -0.465 e. The van der Waals surface area contributed by atoms with Crippen LogP contribution in [-0.2, 0) is 11.3 Å². The number of ether oxygens (including phenoxy) is 1. The molecular weight excluding hydrogens is 276 g/mol. The highest BCUT2D eigenvalue weighted by Gasteiger charge is 2.19. The minimum atomic E-state index is -0.539. The van der Waals surface area contributed by atoms with Gasteiger partial charge in [-0.2, -0.15) is 4.37 Å². The first-order valence-electron chi connectivity index (χ1n) is 4.86. The van der Waals surface area contributed by atoms with Gasteiger partial charge in [-0.1, -0.05) is 11.3 Å². The van der Waals surface area contributed by atoms with Gasteiger partial charge < -0.3 is 20.8 Å². The van der Waals surface area contributed by atoms with Crippen LogP contribution in [0.15, 0.2) is 10.2 Å². The van der Waals surface area contributed by atoms with Gasteiger partial charge in [-0.25, -0.2) is 4.79 Å². The van der Waals surface area contributed by atoms with Crippen molar-refractivity contribution in [1.82, 2.24) is 9.36 Å². The van der Waals surface area contributed by atoms with Gasteiger partial charge in [0.15, 0.2) is 5.82 Å². The van der Waals surface area contributed by atoms with Gasteiger partial charge in [-0.15, -0.1) is 0 Å². The molecule has 0 saturated carbocycles. The molecule has 0 aliphatic carbocycles. The lowest BCUT2D eigenvalue weighted by Gasteiger charge is -2.04. The fourth-order valence-electron chi connectivity index (χ4n) is 1.30. The minimum absolute atomic E-state index is 0.121.